The monoisotopic (exact) mass is 442 g/mol. The van der Waals surface area contributed by atoms with Gasteiger partial charge < -0.3 is 9.47 Å². The molecule has 0 amide bonds. The van der Waals surface area contributed by atoms with Crippen molar-refractivity contribution in [2.24, 2.45) is 5.92 Å². The summed E-state index contributed by atoms with van der Waals surface area (Å²) in [6.45, 7) is 7.86. The molecule has 164 valence electrons. The number of fused-ring (bicyclic) bond motifs is 1. The second-order valence-electron chi connectivity index (χ2n) is 8.44. The van der Waals surface area contributed by atoms with E-state index >= 15 is 4.39 Å². The summed E-state index contributed by atoms with van der Waals surface area (Å²) in [6, 6.07) is 9.26. The molecular weight excluding hydrogens is 415 g/mol. The number of rotatable bonds is 4. The van der Waals surface area contributed by atoms with E-state index in [0.717, 1.165) is 31.5 Å². The maximum Gasteiger partial charge on any atom is 0.211 e. The molecule has 0 unspecified atom stereocenters. The summed E-state index contributed by atoms with van der Waals surface area (Å²) in [4.78, 5) is 14.9. The Labute approximate surface area is 182 Å². The zero-order valence-corrected chi connectivity index (χ0v) is 18.9. The van der Waals surface area contributed by atoms with Crippen LogP contribution >= 0.6 is 0 Å². The third-order valence-corrected chi connectivity index (χ3v) is 7.84. The van der Waals surface area contributed by atoms with Crippen LogP contribution in [0.15, 0.2) is 57.2 Å². The van der Waals surface area contributed by atoms with Gasteiger partial charge >= 0.3 is 0 Å². The largest absolute Gasteiger partial charge is 0.369 e. The van der Waals surface area contributed by atoms with Crippen LogP contribution in [0.5, 0.6) is 0 Å². The van der Waals surface area contributed by atoms with Crippen molar-refractivity contribution < 1.29 is 12.8 Å². The highest BCUT2D eigenvalue weighted by molar-refractivity contribution is 7.91. The third kappa shape index (κ3) is 3.87. The highest BCUT2D eigenvalue weighted by atomic mass is 32.2. The van der Waals surface area contributed by atoms with Gasteiger partial charge in [0.05, 0.1) is 21.5 Å². The molecule has 1 aromatic heterocycles. The van der Waals surface area contributed by atoms with Crippen LogP contribution in [0, 0.1) is 18.7 Å². The van der Waals surface area contributed by atoms with E-state index < -0.39 is 21.1 Å². The van der Waals surface area contributed by atoms with Crippen LogP contribution < -0.4 is 10.3 Å². The molecule has 1 fully saturated rings. The Hall–Kier alpha value is -2.67. The first kappa shape index (κ1) is 21.6. The number of benzene rings is 2. The number of sulfone groups is 1. The third-order valence-electron chi connectivity index (χ3n) is 6.08. The van der Waals surface area contributed by atoms with Crippen molar-refractivity contribution in [3.63, 3.8) is 0 Å². The van der Waals surface area contributed by atoms with Crippen LogP contribution in [0.3, 0.4) is 0 Å². The summed E-state index contributed by atoms with van der Waals surface area (Å²) < 4.78 is 43.2. The first-order valence-electron chi connectivity index (χ1n) is 10.7. The zero-order valence-electron chi connectivity index (χ0n) is 18.1. The van der Waals surface area contributed by atoms with Crippen LogP contribution in [0.4, 0.5) is 10.1 Å². The predicted molar refractivity (Wildman–Crippen MR) is 121 cm³/mol. The maximum absolute atomic E-state index is 15.1. The van der Waals surface area contributed by atoms with Gasteiger partial charge in [0.25, 0.3) is 0 Å². The van der Waals surface area contributed by atoms with Gasteiger partial charge in [0, 0.05) is 25.8 Å². The molecule has 1 aliphatic rings. The summed E-state index contributed by atoms with van der Waals surface area (Å²) in [7, 11) is -4.03. The van der Waals surface area contributed by atoms with Crippen molar-refractivity contribution in [2.75, 3.05) is 18.0 Å². The van der Waals surface area contributed by atoms with Crippen molar-refractivity contribution in [1.29, 1.82) is 0 Å². The van der Waals surface area contributed by atoms with Crippen LogP contribution in [0.25, 0.3) is 10.9 Å². The maximum atomic E-state index is 15.1. The average Bonchev–Trinajstić information content (AvgIpc) is 2.74. The van der Waals surface area contributed by atoms with E-state index in [1.54, 1.807) is 22.8 Å². The lowest BCUT2D eigenvalue weighted by Crippen LogP contribution is -2.35. The van der Waals surface area contributed by atoms with Gasteiger partial charge in [-0.2, -0.15) is 0 Å². The fourth-order valence-corrected chi connectivity index (χ4v) is 5.69. The Bertz CT molecular complexity index is 1300. The topological polar surface area (TPSA) is 59.4 Å². The number of aromatic nitrogens is 1. The van der Waals surface area contributed by atoms with Gasteiger partial charge in [-0.15, -0.1) is 0 Å². The number of hydrogen-bond donors (Lipinski definition) is 0. The smallest absolute Gasteiger partial charge is 0.211 e. The highest BCUT2D eigenvalue weighted by Gasteiger charge is 2.26. The van der Waals surface area contributed by atoms with Gasteiger partial charge in [-0.25, -0.2) is 12.8 Å². The number of pyridine rings is 1. The Morgan fingerprint density at radius 3 is 2.52 bits per heavy atom. The summed E-state index contributed by atoms with van der Waals surface area (Å²) >= 11 is 0. The molecule has 31 heavy (non-hydrogen) atoms. The standard InChI is InChI=1S/C24H27FN2O3S/c1-4-26-15-23(31(29,30)18-9-7-16(2)8-10-18)24(28)19-12-20(25)22(13-21(19)26)27-11-5-6-17(3)14-27/h7-10,12-13,15,17H,4-6,11,14H2,1-3H3/t17-/m0/s1. The number of nitrogens with zero attached hydrogens (tertiary/aromatic N) is 2. The summed E-state index contributed by atoms with van der Waals surface area (Å²) in [5.41, 5.74) is 1.27. The average molecular weight is 443 g/mol. The Kier molecular flexibility index (Phi) is 5.64. The lowest BCUT2D eigenvalue weighted by atomic mass is 9.99. The fourth-order valence-electron chi connectivity index (χ4n) is 4.32. The molecule has 0 N–H and O–H groups in total. The van der Waals surface area contributed by atoms with Gasteiger partial charge in [-0.1, -0.05) is 24.6 Å². The highest BCUT2D eigenvalue weighted by Crippen LogP contribution is 2.30. The number of halogens is 1. The molecule has 7 heteroatoms. The van der Waals surface area contributed by atoms with E-state index in [1.165, 1.54) is 24.4 Å². The van der Waals surface area contributed by atoms with E-state index in [1.807, 2.05) is 18.7 Å². The molecule has 3 aromatic rings. The fraction of sp³-hybridized carbons (Fsp3) is 0.375. The summed E-state index contributed by atoms with van der Waals surface area (Å²) in [5.74, 6) is -0.0227. The molecule has 1 aliphatic heterocycles. The minimum Gasteiger partial charge on any atom is -0.369 e. The molecule has 0 radical (unpaired) electrons. The van der Waals surface area contributed by atoms with Crippen LogP contribution in [0.2, 0.25) is 0 Å². The van der Waals surface area contributed by atoms with Crippen molar-refractivity contribution >= 4 is 26.4 Å². The molecule has 0 saturated carbocycles. The first-order valence-corrected chi connectivity index (χ1v) is 12.1. The van der Waals surface area contributed by atoms with Crippen molar-refractivity contribution in [3.05, 3.63) is 64.2 Å². The van der Waals surface area contributed by atoms with E-state index in [2.05, 4.69) is 6.92 Å². The predicted octanol–water partition coefficient (Wildman–Crippen LogP) is 4.54. The molecule has 0 aliphatic carbocycles. The molecular formula is C24H27FN2O3S. The van der Waals surface area contributed by atoms with Crippen molar-refractivity contribution in [3.8, 4) is 0 Å². The SMILES string of the molecule is CCn1cc(S(=O)(=O)c2ccc(C)cc2)c(=O)c2cc(F)c(N3CCC[C@H](C)C3)cc21. The molecule has 0 bridgehead atoms. The van der Waals surface area contributed by atoms with Crippen LogP contribution in [-0.4, -0.2) is 26.1 Å². The van der Waals surface area contributed by atoms with Gasteiger partial charge in [0.2, 0.25) is 15.3 Å². The normalized spacial score (nSPS) is 17.3. The Morgan fingerprint density at radius 1 is 1.16 bits per heavy atom. The van der Waals surface area contributed by atoms with Crippen molar-refractivity contribution in [2.45, 2.75) is 49.9 Å². The van der Waals surface area contributed by atoms with E-state index in [4.69, 9.17) is 0 Å². The van der Waals surface area contributed by atoms with Crippen LogP contribution in [0.1, 0.15) is 32.3 Å². The Morgan fingerprint density at radius 2 is 1.87 bits per heavy atom. The van der Waals surface area contributed by atoms with Gasteiger partial charge in [-0.3, -0.25) is 4.79 Å². The second kappa shape index (κ2) is 8.11. The minimum atomic E-state index is -4.03. The number of piperidine rings is 1. The quantitative estimate of drug-likeness (QED) is 0.595. The molecule has 5 nitrogen and oxygen atoms in total. The lowest BCUT2D eigenvalue weighted by Gasteiger charge is -2.33. The van der Waals surface area contributed by atoms with Gasteiger partial charge in [0.1, 0.15) is 10.7 Å². The number of hydrogen-bond acceptors (Lipinski definition) is 4. The minimum absolute atomic E-state index is 0.0524. The lowest BCUT2D eigenvalue weighted by molar-refractivity contribution is 0.442. The number of anilines is 1. The first-order chi connectivity index (χ1) is 14.7. The molecule has 2 aromatic carbocycles. The molecule has 1 saturated heterocycles. The molecule has 0 spiro atoms. The zero-order chi connectivity index (χ0) is 22.3. The number of aryl methyl sites for hydroxylation is 2. The van der Waals surface area contributed by atoms with Crippen LogP contribution in [-0.2, 0) is 16.4 Å². The van der Waals surface area contributed by atoms with Gasteiger partial charge in [0.15, 0.2) is 0 Å². The van der Waals surface area contributed by atoms with E-state index in [-0.39, 0.29) is 15.2 Å². The molecule has 1 atom stereocenters. The summed E-state index contributed by atoms with van der Waals surface area (Å²) in [5, 5.41) is 0.0846. The van der Waals surface area contributed by atoms with E-state index in [9.17, 15) is 13.2 Å². The molecule has 4 rings (SSSR count). The van der Waals surface area contributed by atoms with Gasteiger partial charge in [-0.05, 0) is 56.9 Å². The molecule has 2 heterocycles. The Balaban J connectivity index is 1.91. The summed E-state index contributed by atoms with van der Waals surface area (Å²) in [6.07, 6.45) is 3.50. The van der Waals surface area contributed by atoms with E-state index in [0.29, 0.717) is 23.7 Å². The second-order valence-corrected chi connectivity index (χ2v) is 10.4. The van der Waals surface area contributed by atoms with Crippen molar-refractivity contribution in [1.82, 2.24) is 4.57 Å².